The summed E-state index contributed by atoms with van der Waals surface area (Å²) in [5.74, 6) is -2.01. The molecule has 1 heterocycles. The maximum atomic E-state index is 13.9. The molecule has 9 heteroatoms. The first kappa shape index (κ1) is 18.3. The van der Waals surface area contributed by atoms with Gasteiger partial charge in [0.15, 0.2) is 0 Å². The largest absolute Gasteiger partial charge is 0.465 e. The number of nitrogens with zero attached hydrogens (tertiary/aromatic N) is 1. The van der Waals surface area contributed by atoms with Gasteiger partial charge in [0.1, 0.15) is 11.9 Å². The van der Waals surface area contributed by atoms with Crippen LogP contribution in [0.5, 0.6) is 0 Å². The monoisotopic (exact) mass is 358 g/mol. The fourth-order valence-corrected chi connectivity index (χ4v) is 3.77. The van der Waals surface area contributed by atoms with E-state index in [2.05, 4.69) is 10.1 Å². The molecule has 2 rings (SSSR count). The molecule has 0 saturated carbocycles. The standard InChI is InChI=1S/C15H19FN2O5S/c1-23-15(20)10-6-7-11(16)12(9-10)17-14(19)13-5-3-4-8-18(13)24(2,21)22/h6-7,9,13H,3-5,8H2,1-2H3,(H,17,19). The van der Waals surface area contributed by atoms with Crippen molar-refractivity contribution in [2.45, 2.75) is 25.3 Å². The summed E-state index contributed by atoms with van der Waals surface area (Å²) < 4.78 is 43.2. The zero-order valence-electron chi connectivity index (χ0n) is 13.4. The molecule has 0 bridgehead atoms. The predicted octanol–water partition coefficient (Wildman–Crippen LogP) is 1.36. The van der Waals surface area contributed by atoms with Crippen LogP contribution in [0.4, 0.5) is 10.1 Å². The molecular formula is C15H19FN2O5S. The molecule has 7 nitrogen and oxygen atoms in total. The van der Waals surface area contributed by atoms with E-state index >= 15 is 0 Å². The van der Waals surface area contributed by atoms with Crippen LogP contribution >= 0.6 is 0 Å². The van der Waals surface area contributed by atoms with Gasteiger partial charge in [-0.1, -0.05) is 6.42 Å². The molecule has 1 aliphatic rings. The summed E-state index contributed by atoms with van der Waals surface area (Å²) >= 11 is 0. The summed E-state index contributed by atoms with van der Waals surface area (Å²) in [5, 5.41) is 2.37. The lowest BCUT2D eigenvalue weighted by Gasteiger charge is -2.32. The van der Waals surface area contributed by atoms with E-state index in [1.807, 2.05) is 0 Å². The Hall–Kier alpha value is -2.00. The maximum Gasteiger partial charge on any atom is 0.337 e. The molecule has 1 N–H and O–H groups in total. The van der Waals surface area contributed by atoms with Crippen molar-refractivity contribution in [3.8, 4) is 0 Å². The smallest absolute Gasteiger partial charge is 0.337 e. The highest BCUT2D eigenvalue weighted by Crippen LogP contribution is 2.23. The fourth-order valence-electron chi connectivity index (χ4n) is 2.65. The molecule has 132 valence electrons. The summed E-state index contributed by atoms with van der Waals surface area (Å²) in [5.41, 5.74) is -0.111. The van der Waals surface area contributed by atoms with Gasteiger partial charge in [0.05, 0.1) is 24.6 Å². The molecule has 1 amide bonds. The van der Waals surface area contributed by atoms with Gasteiger partial charge in [-0.15, -0.1) is 0 Å². The summed E-state index contributed by atoms with van der Waals surface area (Å²) in [6, 6.07) is 2.54. The second kappa shape index (κ2) is 7.27. The molecule has 0 aliphatic carbocycles. The second-order valence-corrected chi connectivity index (χ2v) is 7.50. The molecule has 1 atom stereocenters. The minimum absolute atomic E-state index is 0.0813. The van der Waals surface area contributed by atoms with E-state index in [0.29, 0.717) is 19.3 Å². The van der Waals surface area contributed by atoms with Crippen LogP contribution in [0, 0.1) is 5.82 Å². The van der Waals surface area contributed by atoms with Crippen molar-refractivity contribution in [3.05, 3.63) is 29.6 Å². The number of esters is 1. The van der Waals surface area contributed by atoms with Gasteiger partial charge in [-0.05, 0) is 31.0 Å². The van der Waals surface area contributed by atoms with E-state index in [1.165, 1.54) is 13.2 Å². The number of ether oxygens (including phenoxy) is 1. The van der Waals surface area contributed by atoms with Crippen molar-refractivity contribution in [2.75, 3.05) is 25.2 Å². The van der Waals surface area contributed by atoms with Gasteiger partial charge in [0, 0.05) is 6.54 Å². The molecular weight excluding hydrogens is 339 g/mol. The normalized spacial score (nSPS) is 18.9. The van der Waals surface area contributed by atoms with Gasteiger partial charge in [-0.25, -0.2) is 17.6 Å². The van der Waals surface area contributed by atoms with Crippen molar-refractivity contribution in [2.24, 2.45) is 0 Å². The van der Waals surface area contributed by atoms with Crippen LogP contribution in [0.1, 0.15) is 29.6 Å². The first-order valence-electron chi connectivity index (χ1n) is 7.39. The topological polar surface area (TPSA) is 92.8 Å². The fraction of sp³-hybridized carbons (Fsp3) is 0.467. The van der Waals surface area contributed by atoms with Crippen LogP contribution < -0.4 is 5.32 Å². The lowest BCUT2D eigenvalue weighted by atomic mass is 10.0. The molecule has 1 fully saturated rings. The number of carbonyl (C=O) groups is 2. The second-order valence-electron chi connectivity index (χ2n) is 5.56. The summed E-state index contributed by atoms with van der Waals surface area (Å²) in [7, 11) is -2.35. The average molecular weight is 358 g/mol. The number of hydrogen-bond acceptors (Lipinski definition) is 5. The van der Waals surface area contributed by atoms with E-state index in [0.717, 1.165) is 22.7 Å². The average Bonchev–Trinajstić information content (AvgIpc) is 2.55. The lowest BCUT2D eigenvalue weighted by Crippen LogP contribution is -2.49. The van der Waals surface area contributed by atoms with Crippen LogP contribution in [0.15, 0.2) is 18.2 Å². The molecule has 0 aromatic heterocycles. The first-order chi connectivity index (χ1) is 11.2. The molecule has 24 heavy (non-hydrogen) atoms. The van der Waals surface area contributed by atoms with Crippen LogP contribution in [0.2, 0.25) is 0 Å². The summed E-state index contributed by atoms with van der Waals surface area (Å²) in [6.45, 7) is 0.252. The van der Waals surface area contributed by atoms with Crippen LogP contribution in [0.25, 0.3) is 0 Å². The number of rotatable bonds is 4. The maximum absolute atomic E-state index is 13.9. The van der Waals surface area contributed by atoms with E-state index in [-0.39, 0.29) is 17.8 Å². The van der Waals surface area contributed by atoms with Gasteiger partial charge in [-0.2, -0.15) is 4.31 Å². The number of halogens is 1. The highest BCUT2D eigenvalue weighted by Gasteiger charge is 2.34. The molecule has 1 aliphatic heterocycles. The Morgan fingerprint density at radius 2 is 2.04 bits per heavy atom. The van der Waals surface area contributed by atoms with Gasteiger partial charge < -0.3 is 10.1 Å². The number of benzene rings is 1. The Morgan fingerprint density at radius 3 is 2.67 bits per heavy atom. The first-order valence-corrected chi connectivity index (χ1v) is 9.24. The van der Waals surface area contributed by atoms with Crippen molar-refractivity contribution in [1.82, 2.24) is 4.31 Å². The van der Waals surface area contributed by atoms with Crippen molar-refractivity contribution < 1.29 is 27.1 Å². The Bertz CT molecular complexity index is 750. The number of methoxy groups -OCH3 is 1. The molecule has 1 aromatic carbocycles. The van der Waals surface area contributed by atoms with E-state index in [9.17, 15) is 22.4 Å². The Kier molecular flexibility index (Phi) is 5.55. The van der Waals surface area contributed by atoms with Gasteiger partial charge in [-0.3, -0.25) is 4.79 Å². The number of carbonyl (C=O) groups excluding carboxylic acids is 2. The Labute approximate surface area is 139 Å². The summed E-state index contributed by atoms with van der Waals surface area (Å²) in [4.78, 5) is 23.9. The Morgan fingerprint density at radius 1 is 1.33 bits per heavy atom. The molecule has 1 aromatic rings. The third-order valence-corrected chi connectivity index (χ3v) is 5.12. The predicted molar refractivity (Wildman–Crippen MR) is 85.6 cm³/mol. The molecule has 0 radical (unpaired) electrons. The van der Waals surface area contributed by atoms with Crippen molar-refractivity contribution in [1.29, 1.82) is 0 Å². The van der Waals surface area contributed by atoms with E-state index in [1.54, 1.807) is 0 Å². The van der Waals surface area contributed by atoms with Crippen LogP contribution in [-0.4, -0.2) is 50.6 Å². The highest BCUT2D eigenvalue weighted by atomic mass is 32.2. The third-order valence-electron chi connectivity index (χ3n) is 3.83. The SMILES string of the molecule is COC(=O)c1ccc(F)c(NC(=O)C2CCCCN2S(C)(=O)=O)c1. The van der Waals surface area contributed by atoms with Gasteiger partial charge in [0.2, 0.25) is 15.9 Å². The number of hydrogen-bond donors (Lipinski definition) is 1. The van der Waals surface area contributed by atoms with E-state index in [4.69, 9.17) is 0 Å². The number of piperidine rings is 1. The number of sulfonamides is 1. The van der Waals surface area contributed by atoms with Crippen molar-refractivity contribution in [3.63, 3.8) is 0 Å². The zero-order chi connectivity index (χ0) is 17.9. The summed E-state index contributed by atoms with van der Waals surface area (Å²) in [6.07, 6.45) is 2.77. The zero-order valence-corrected chi connectivity index (χ0v) is 14.2. The van der Waals surface area contributed by atoms with Crippen molar-refractivity contribution >= 4 is 27.6 Å². The minimum atomic E-state index is -3.54. The highest BCUT2D eigenvalue weighted by molar-refractivity contribution is 7.88. The van der Waals surface area contributed by atoms with Crippen LogP contribution in [0.3, 0.4) is 0 Å². The lowest BCUT2D eigenvalue weighted by molar-refractivity contribution is -0.120. The third kappa shape index (κ3) is 4.09. The number of amides is 1. The van der Waals surface area contributed by atoms with Gasteiger partial charge >= 0.3 is 5.97 Å². The van der Waals surface area contributed by atoms with Crippen LogP contribution in [-0.2, 0) is 19.6 Å². The molecule has 1 unspecified atom stereocenters. The number of nitrogens with one attached hydrogen (secondary N) is 1. The molecule has 0 spiro atoms. The number of anilines is 1. The quantitative estimate of drug-likeness (QED) is 0.821. The molecule has 1 saturated heterocycles. The Balaban J connectivity index is 2.23. The van der Waals surface area contributed by atoms with E-state index < -0.39 is 33.8 Å². The van der Waals surface area contributed by atoms with Gasteiger partial charge in [0.25, 0.3) is 0 Å². The minimum Gasteiger partial charge on any atom is -0.465 e.